The molecule has 2 N–H and O–H groups in total. The minimum atomic E-state index is -3.52. The first kappa shape index (κ1) is 18.4. The minimum absolute atomic E-state index is 0.0728. The lowest BCUT2D eigenvalue weighted by Crippen LogP contribution is -2.50. The van der Waals surface area contributed by atoms with Gasteiger partial charge in [-0.25, -0.2) is 8.42 Å². The van der Waals surface area contributed by atoms with Crippen LogP contribution in [-0.2, 0) is 10.0 Å². The number of rotatable bonds is 4. The van der Waals surface area contributed by atoms with Crippen molar-refractivity contribution in [2.75, 3.05) is 26.2 Å². The van der Waals surface area contributed by atoms with Crippen LogP contribution >= 0.6 is 0 Å². The van der Waals surface area contributed by atoms with Crippen molar-refractivity contribution in [1.82, 2.24) is 14.9 Å². The molecule has 1 aromatic carbocycles. The number of benzene rings is 1. The van der Waals surface area contributed by atoms with E-state index in [0.717, 1.165) is 38.8 Å². The first-order valence-corrected chi connectivity index (χ1v) is 10.5. The third-order valence-electron chi connectivity index (χ3n) is 5.19. The van der Waals surface area contributed by atoms with Crippen LogP contribution in [0.4, 0.5) is 0 Å². The van der Waals surface area contributed by atoms with Gasteiger partial charge in [0.1, 0.15) is 0 Å². The highest BCUT2D eigenvalue weighted by Gasteiger charge is 2.27. The Hall–Kier alpha value is -1.44. The van der Waals surface area contributed by atoms with Gasteiger partial charge in [0.05, 0.1) is 4.90 Å². The smallest absolute Gasteiger partial charge is 0.251 e. The van der Waals surface area contributed by atoms with Crippen LogP contribution in [0.25, 0.3) is 0 Å². The molecular formula is C18H27N3O3S. The molecule has 3 rings (SSSR count). The molecule has 2 fully saturated rings. The summed E-state index contributed by atoms with van der Waals surface area (Å²) in [6.07, 6.45) is 3.88. The van der Waals surface area contributed by atoms with Gasteiger partial charge in [0, 0.05) is 31.2 Å². The van der Waals surface area contributed by atoms with E-state index in [1.54, 1.807) is 18.2 Å². The van der Waals surface area contributed by atoms with Gasteiger partial charge in [-0.1, -0.05) is 19.4 Å². The van der Waals surface area contributed by atoms with Gasteiger partial charge < -0.3 is 10.6 Å². The molecule has 0 aliphatic carbocycles. The molecule has 0 spiro atoms. The van der Waals surface area contributed by atoms with E-state index in [1.807, 2.05) is 0 Å². The molecule has 2 atom stereocenters. The largest absolute Gasteiger partial charge is 0.348 e. The monoisotopic (exact) mass is 365 g/mol. The highest BCUT2D eigenvalue weighted by Crippen LogP contribution is 2.21. The number of carbonyl (C=O) groups is 1. The Labute approximate surface area is 150 Å². The number of nitrogens with one attached hydrogen (secondary N) is 2. The lowest BCUT2D eigenvalue weighted by atomic mass is 9.94. The summed E-state index contributed by atoms with van der Waals surface area (Å²) in [5.74, 6) is 0.196. The number of amides is 1. The predicted molar refractivity (Wildman–Crippen MR) is 97.0 cm³/mol. The number of carbonyl (C=O) groups excluding carboxylic acids is 1. The fraction of sp³-hybridized carbons (Fsp3) is 0.611. The number of nitrogens with zero attached hydrogens (tertiary/aromatic N) is 1. The maximum absolute atomic E-state index is 12.8. The average Bonchev–Trinajstić information content (AvgIpc) is 2.64. The van der Waals surface area contributed by atoms with E-state index in [2.05, 4.69) is 17.6 Å². The van der Waals surface area contributed by atoms with Crippen LogP contribution < -0.4 is 10.6 Å². The maximum Gasteiger partial charge on any atom is 0.251 e. The van der Waals surface area contributed by atoms with Crippen molar-refractivity contribution in [3.8, 4) is 0 Å². The molecule has 25 heavy (non-hydrogen) atoms. The topological polar surface area (TPSA) is 78.5 Å². The Morgan fingerprint density at radius 3 is 2.72 bits per heavy atom. The molecule has 138 valence electrons. The second kappa shape index (κ2) is 7.85. The number of piperidine rings is 2. The zero-order valence-corrected chi connectivity index (χ0v) is 15.5. The van der Waals surface area contributed by atoms with E-state index in [0.29, 0.717) is 24.6 Å². The van der Waals surface area contributed by atoms with Gasteiger partial charge in [-0.3, -0.25) is 4.79 Å². The van der Waals surface area contributed by atoms with Crippen molar-refractivity contribution in [3.63, 3.8) is 0 Å². The Bertz CT molecular complexity index is 714. The van der Waals surface area contributed by atoms with Crippen molar-refractivity contribution in [3.05, 3.63) is 29.8 Å². The molecule has 0 aromatic heterocycles. The highest BCUT2D eigenvalue weighted by molar-refractivity contribution is 7.89. The van der Waals surface area contributed by atoms with E-state index in [1.165, 1.54) is 10.4 Å². The van der Waals surface area contributed by atoms with Gasteiger partial charge in [0.25, 0.3) is 5.91 Å². The molecule has 0 bridgehead atoms. The van der Waals surface area contributed by atoms with E-state index < -0.39 is 10.0 Å². The average molecular weight is 365 g/mol. The Morgan fingerprint density at radius 2 is 2.00 bits per heavy atom. The molecule has 0 radical (unpaired) electrons. The van der Waals surface area contributed by atoms with E-state index in [4.69, 9.17) is 0 Å². The van der Waals surface area contributed by atoms with E-state index in [-0.39, 0.29) is 16.8 Å². The van der Waals surface area contributed by atoms with Crippen LogP contribution in [0.5, 0.6) is 0 Å². The van der Waals surface area contributed by atoms with E-state index in [9.17, 15) is 13.2 Å². The third-order valence-corrected chi connectivity index (χ3v) is 7.09. The van der Waals surface area contributed by atoms with Crippen LogP contribution in [0.3, 0.4) is 0 Å². The zero-order valence-electron chi connectivity index (χ0n) is 14.7. The third kappa shape index (κ3) is 4.22. The summed E-state index contributed by atoms with van der Waals surface area (Å²) in [5, 5.41) is 6.32. The van der Waals surface area contributed by atoms with Crippen LogP contribution in [0.15, 0.2) is 29.2 Å². The van der Waals surface area contributed by atoms with Crippen molar-refractivity contribution in [2.45, 2.75) is 43.5 Å². The zero-order chi connectivity index (χ0) is 17.9. The van der Waals surface area contributed by atoms with Gasteiger partial charge in [0.2, 0.25) is 10.0 Å². The summed E-state index contributed by atoms with van der Waals surface area (Å²) in [6.45, 7) is 4.97. The molecule has 0 saturated carbocycles. The lowest BCUT2D eigenvalue weighted by molar-refractivity contribution is 0.0915. The molecule has 2 unspecified atom stereocenters. The summed E-state index contributed by atoms with van der Waals surface area (Å²) in [4.78, 5) is 12.8. The van der Waals surface area contributed by atoms with Crippen LogP contribution in [0, 0.1) is 5.92 Å². The van der Waals surface area contributed by atoms with Crippen molar-refractivity contribution < 1.29 is 13.2 Å². The standard InChI is InChI=1S/C18H27N3O3S/c1-14-8-9-19-13-17(14)20-18(22)15-6-5-7-16(12-15)25(23,24)21-10-3-2-4-11-21/h5-7,12,14,17,19H,2-4,8-11,13H2,1H3,(H,20,22). The molecule has 7 heteroatoms. The van der Waals surface area contributed by atoms with Gasteiger partial charge >= 0.3 is 0 Å². The molecule has 6 nitrogen and oxygen atoms in total. The first-order chi connectivity index (χ1) is 12.0. The number of sulfonamides is 1. The molecule has 2 aliphatic rings. The molecule has 1 amide bonds. The van der Waals surface area contributed by atoms with Gasteiger partial charge in [-0.15, -0.1) is 0 Å². The van der Waals surface area contributed by atoms with Gasteiger partial charge in [-0.2, -0.15) is 4.31 Å². The number of hydrogen-bond acceptors (Lipinski definition) is 4. The second-order valence-electron chi connectivity index (χ2n) is 7.04. The van der Waals surface area contributed by atoms with Gasteiger partial charge in [0.15, 0.2) is 0 Å². The molecular weight excluding hydrogens is 338 g/mol. The van der Waals surface area contributed by atoms with Crippen molar-refractivity contribution >= 4 is 15.9 Å². The Balaban J connectivity index is 1.75. The lowest BCUT2D eigenvalue weighted by Gasteiger charge is -2.30. The molecule has 2 saturated heterocycles. The van der Waals surface area contributed by atoms with Crippen LogP contribution in [-0.4, -0.2) is 50.9 Å². The van der Waals surface area contributed by atoms with Gasteiger partial charge in [-0.05, 0) is 49.9 Å². The fourth-order valence-electron chi connectivity index (χ4n) is 3.49. The molecule has 2 aliphatic heterocycles. The molecule has 1 aromatic rings. The SMILES string of the molecule is CC1CCNCC1NC(=O)c1cccc(S(=O)(=O)N2CCCCC2)c1. The minimum Gasteiger partial charge on any atom is -0.348 e. The normalized spacial score (nSPS) is 25.5. The highest BCUT2D eigenvalue weighted by atomic mass is 32.2. The quantitative estimate of drug-likeness (QED) is 0.849. The van der Waals surface area contributed by atoms with Crippen molar-refractivity contribution in [1.29, 1.82) is 0 Å². The summed E-state index contributed by atoms with van der Waals surface area (Å²) in [6, 6.07) is 6.47. The maximum atomic E-state index is 12.8. The van der Waals surface area contributed by atoms with Crippen molar-refractivity contribution in [2.24, 2.45) is 5.92 Å². The Kier molecular flexibility index (Phi) is 5.76. The Morgan fingerprint density at radius 1 is 1.24 bits per heavy atom. The van der Waals surface area contributed by atoms with E-state index >= 15 is 0 Å². The summed E-state index contributed by atoms with van der Waals surface area (Å²) in [7, 11) is -3.52. The van der Waals surface area contributed by atoms with Crippen LogP contribution in [0.1, 0.15) is 43.0 Å². The summed E-state index contributed by atoms with van der Waals surface area (Å²) >= 11 is 0. The predicted octanol–water partition coefficient (Wildman–Crippen LogP) is 1.59. The molecule has 2 heterocycles. The number of hydrogen-bond donors (Lipinski definition) is 2. The van der Waals surface area contributed by atoms with Crippen LogP contribution in [0.2, 0.25) is 0 Å². The fourth-order valence-corrected chi connectivity index (χ4v) is 5.05. The first-order valence-electron chi connectivity index (χ1n) is 9.10. The summed E-state index contributed by atoms with van der Waals surface area (Å²) < 4.78 is 27.1. The summed E-state index contributed by atoms with van der Waals surface area (Å²) in [5.41, 5.74) is 0.399. The second-order valence-corrected chi connectivity index (χ2v) is 8.98.